The number of alkyl halides is 1. The van der Waals surface area contributed by atoms with Gasteiger partial charge in [0.2, 0.25) is 0 Å². The lowest BCUT2D eigenvalue weighted by Crippen LogP contribution is -2.47. The summed E-state index contributed by atoms with van der Waals surface area (Å²) in [5.41, 5.74) is 0. The van der Waals surface area contributed by atoms with Gasteiger partial charge in [-0.2, -0.15) is 0 Å². The second kappa shape index (κ2) is 4.77. The topological polar surface area (TPSA) is 25.4 Å². The fourth-order valence-electron chi connectivity index (χ4n) is 1.65. The average Bonchev–Trinajstić information content (AvgIpc) is 2.30. The number of ether oxygens (including phenoxy) is 1. The van der Waals surface area contributed by atoms with E-state index in [1.54, 1.807) is 12.3 Å². The van der Waals surface area contributed by atoms with Crippen LogP contribution < -0.4 is 4.90 Å². The number of pyridine rings is 1. The fourth-order valence-corrected chi connectivity index (χ4v) is 1.91. The predicted octanol–water partition coefficient (Wildman–Crippen LogP) is 1.66. The monoisotopic (exact) mass is 230 g/mol. The number of anilines is 1. The number of hydrogen-bond donors (Lipinski definition) is 0. The molecule has 1 fully saturated rings. The first-order valence-electron chi connectivity index (χ1n) is 4.84. The minimum absolute atomic E-state index is 0.00446. The maximum atomic E-state index is 13.5. The van der Waals surface area contributed by atoms with Crippen LogP contribution in [0.2, 0.25) is 0 Å². The Kier molecular flexibility index (Phi) is 3.38. The highest BCUT2D eigenvalue weighted by Crippen LogP contribution is 2.20. The van der Waals surface area contributed by atoms with E-state index < -0.39 is 0 Å². The van der Waals surface area contributed by atoms with Crippen molar-refractivity contribution in [1.82, 2.24) is 4.98 Å². The van der Waals surface area contributed by atoms with Crippen LogP contribution in [0.1, 0.15) is 0 Å². The van der Waals surface area contributed by atoms with Crippen LogP contribution >= 0.6 is 11.6 Å². The third-order valence-corrected chi connectivity index (χ3v) is 2.77. The highest BCUT2D eigenvalue weighted by Gasteiger charge is 2.25. The summed E-state index contributed by atoms with van der Waals surface area (Å²) in [6, 6.07) is 2.99. The largest absolute Gasteiger partial charge is 0.377 e. The maximum Gasteiger partial charge on any atom is 0.165 e. The molecule has 82 valence electrons. The molecule has 1 unspecified atom stereocenters. The van der Waals surface area contributed by atoms with Gasteiger partial charge >= 0.3 is 0 Å². The van der Waals surface area contributed by atoms with Gasteiger partial charge in [0.1, 0.15) is 0 Å². The SMILES string of the molecule is Fc1cccnc1N1CCOCC1CCl. The molecule has 0 radical (unpaired) electrons. The molecule has 0 N–H and O–H groups in total. The molecule has 0 amide bonds. The van der Waals surface area contributed by atoms with Gasteiger partial charge in [-0.05, 0) is 12.1 Å². The molecule has 1 atom stereocenters. The first-order chi connectivity index (χ1) is 7.33. The molecule has 0 spiro atoms. The number of hydrogen-bond acceptors (Lipinski definition) is 3. The van der Waals surface area contributed by atoms with Crippen molar-refractivity contribution >= 4 is 17.4 Å². The van der Waals surface area contributed by atoms with Crippen molar-refractivity contribution in [2.75, 3.05) is 30.5 Å². The second-order valence-electron chi connectivity index (χ2n) is 3.39. The van der Waals surface area contributed by atoms with Gasteiger partial charge in [0.15, 0.2) is 11.6 Å². The number of rotatable bonds is 2. The van der Waals surface area contributed by atoms with E-state index in [9.17, 15) is 4.39 Å². The molecule has 2 rings (SSSR count). The van der Waals surface area contributed by atoms with E-state index in [0.717, 1.165) is 0 Å². The van der Waals surface area contributed by atoms with E-state index in [1.165, 1.54) is 6.07 Å². The van der Waals surface area contributed by atoms with E-state index >= 15 is 0 Å². The summed E-state index contributed by atoms with van der Waals surface area (Å²) in [6.07, 6.45) is 1.58. The molecule has 5 heteroatoms. The van der Waals surface area contributed by atoms with E-state index in [4.69, 9.17) is 16.3 Å². The number of morpholine rings is 1. The summed E-state index contributed by atoms with van der Waals surface area (Å²) < 4.78 is 18.8. The summed E-state index contributed by atoms with van der Waals surface area (Å²) in [7, 11) is 0. The minimum Gasteiger partial charge on any atom is -0.377 e. The highest BCUT2D eigenvalue weighted by atomic mass is 35.5. The molecule has 2 heterocycles. The summed E-state index contributed by atoms with van der Waals surface area (Å²) in [4.78, 5) is 5.90. The Bertz CT molecular complexity index is 337. The van der Waals surface area contributed by atoms with Crippen LogP contribution in [-0.2, 0) is 4.74 Å². The van der Waals surface area contributed by atoms with Crippen molar-refractivity contribution in [3.8, 4) is 0 Å². The standard InChI is InChI=1S/C10H12ClFN2O/c11-6-8-7-15-5-4-14(8)10-9(12)2-1-3-13-10/h1-3,8H,4-7H2. The second-order valence-corrected chi connectivity index (χ2v) is 3.69. The van der Waals surface area contributed by atoms with E-state index in [0.29, 0.717) is 31.5 Å². The van der Waals surface area contributed by atoms with Crippen LogP contribution in [0, 0.1) is 5.82 Å². The number of nitrogens with zero attached hydrogens (tertiary/aromatic N) is 2. The van der Waals surface area contributed by atoms with Crippen LogP contribution in [0.3, 0.4) is 0 Å². The minimum atomic E-state index is -0.311. The van der Waals surface area contributed by atoms with Gasteiger partial charge in [0.25, 0.3) is 0 Å². The van der Waals surface area contributed by atoms with Crippen molar-refractivity contribution in [3.05, 3.63) is 24.1 Å². The Morgan fingerprint density at radius 1 is 1.67 bits per heavy atom. The zero-order chi connectivity index (χ0) is 10.7. The van der Waals surface area contributed by atoms with Gasteiger partial charge in [0, 0.05) is 18.6 Å². The predicted molar refractivity (Wildman–Crippen MR) is 56.9 cm³/mol. The van der Waals surface area contributed by atoms with Crippen molar-refractivity contribution in [2.24, 2.45) is 0 Å². The lowest BCUT2D eigenvalue weighted by molar-refractivity contribution is 0.0990. The van der Waals surface area contributed by atoms with Crippen molar-refractivity contribution in [3.63, 3.8) is 0 Å². The van der Waals surface area contributed by atoms with Crippen molar-refractivity contribution in [1.29, 1.82) is 0 Å². The molecule has 1 aromatic heterocycles. The number of aromatic nitrogens is 1. The highest BCUT2D eigenvalue weighted by molar-refractivity contribution is 6.18. The lowest BCUT2D eigenvalue weighted by Gasteiger charge is -2.35. The Labute approximate surface area is 92.8 Å². The van der Waals surface area contributed by atoms with Crippen LogP contribution in [0.25, 0.3) is 0 Å². The van der Waals surface area contributed by atoms with Gasteiger partial charge in [-0.15, -0.1) is 11.6 Å². The molecular weight excluding hydrogens is 219 g/mol. The summed E-state index contributed by atoms with van der Waals surface area (Å²) in [6.45, 7) is 1.74. The molecule has 1 aliphatic rings. The summed E-state index contributed by atoms with van der Waals surface area (Å²) in [5.74, 6) is 0.469. The van der Waals surface area contributed by atoms with Crippen LogP contribution in [0.4, 0.5) is 10.2 Å². The molecule has 0 saturated carbocycles. The zero-order valence-electron chi connectivity index (χ0n) is 8.20. The van der Waals surface area contributed by atoms with E-state index in [2.05, 4.69) is 4.98 Å². The van der Waals surface area contributed by atoms with Gasteiger partial charge in [0.05, 0.1) is 19.3 Å². The van der Waals surface area contributed by atoms with Crippen molar-refractivity contribution in [2.45, 2.75) is 6.04 Å². The maximum absolute atomic E-state index is 13.5. The van der Waals surface area contributed by atoms with Crippen molar-refractivity contribution < 1.29 is 9.13 Å². The molecule has 1 aromatic rings. The first kappa shape index (κ1) is 10.6. The summed E-state index contributed by atoms with van der Waals surface area (Å²) in [5, 5.41) is 0. The average molecular weight is 231 g/mol. The summed E-state index contributed by atoms with van der Waals surface area (Å²) >= 11 is 5.81. The molecule has 0 aromatic carbocycles. The van der Waals surface area contributed by atoms with E-state index in [1.807, 2.05) is 4.90 Å². The van der Waals surface area contributed by atoms with Gasteiger partial charge in [-0.3, -0.25) is 0 Å². The quantitative estimate of drug-likeness (QED) is 0.723. The zero-order valence-corrected chi connectivity index (χ0v) is 8.95. The van der Waals surface area contributed by atoms with E-state index in [-0.39, 0.29) is 11.9 Å². The molecular formula is C10H12ClFN2O. The third kappa shape index (κ3) is 2.21. The molecule has 1 saturated heterocycles. The first-order valence-corrected chi connectivity index (χ1v) is 5.37. The number of halogens is 2. The fraction of sp³-hybridized carbons (Fsp3) is 0.500. The lowest BCUT2D eigenvalue weighted by atomic mass is 10.2. The Hall–Kier alpha value is -0.870. The normalized spacial score (nSPS) is 21.7. The van der Waals surface area contributed by atoms with Crippen LogP contribution in [0.5, 0.6) is 0 Å². The molecule has 15 heavy (non-hydrogen) atoms. The van der Waals surface area contributed by atoms with Gasteiger partial charge in [-0.1, -0.05) is 0 Å². The smallest absolute Gasteiger partial charge is 0.165 e. The molecule has 0 bridgehead atoms. The van der Waals surface area contributed by atoms with Crippen LogP contribution in [-0.4, -0.2) is 36.7 Å². The Balaban J connectivity index is 2.24. The Morgan fingerprint density at radius 2 is 2.53 bits per heavy atom. The molecule has 3 nitrogen and oxygen atoms in total. The third-order valence-electron chi connectivity index (χ3n) is 2.42. The molecule has 1 aliphatic heterocycles. The van der Waals surface area contributed by atoms with Gasteiger partial charge < -0.3 is 9.64 Å². The molecule has 0 aliphatic carbocycles. The van der Waals surface area contributed by atoms with Gasteiger partial charge in [-0.25, -0.2) is 9.37 Å². The Morgan fingerprint density at radius 3 is 3.27 bits per heavy atom. The van der Waals surface area contributed by atoms with Crippen LogP contribution in [0.15, 0.2) is 18.3 Å².